The molecule has 17 rings (SSSR count). The molecule has 4 aliphatic rings. The summed E-state index contributed by atoms with van der Waals surface area (Å²) < 4.78 is 204. The maximum atomic E-state index is 11.8. The third-order valence-electron chi connectivity index (χ3n) is 18.9. The number of hydrogen-bond acceptors (Lipinski definition) is 4. The second-order valence-electron chi connectivity index (χ2n) is 28.1. The van der Waals surface area contributed by atoms with Crippen molar-refractivity contribution >= 4 is 104 Å². The zero-order valence-corrected chi connectivity index (χ0v) is 56.3. The Morgan fingerprint density at radius 3 is 1.25 bits per heavy atom. The highest BCUT2D eigenvalue weighted by Crippen LogP contribution is 2.57. The molecule has 97 heavy (non-hydrogen) atoms. The Labute approximate surface area is 609 Å². The Morgan fingerprint density at radius 1 is 0.361 bits per heavy atom. The number of nitrogens with zero attached hydrogens (tertiary/aromatic N) is 2. The largest absolute Gasteiger partial charge is 0.459 e. The van der Waals surface area contributed by atoms with E-state index >= 15 is 0 Å². The molecule has 0 fully saturated rings. The first kappa shape index (κ1) is 42.6. The van der Waals surface area contributed by atoms with E-state index in [1.165, 1.54) is 0 Å². The fourth-order valence-corrected chi connectivity index (χ4v) is 15.3. The highest BCUT2D eigenvalue weighted by molar-refractivity contribution is 8.00. The summed E-state index contributed by atoms with van der Waals surface area (Å²) in [5, 5.41) is -0.354. The second kappa shape index (κ2) is 23.1. The summed E-state index contributed by atoms with van der Waals surface area (Å²) in [6.45, 7) is 15.9. The van der Waals surface area contributed by atoms with Gasteiger partial charge in [0.25, 0.3) is 13.4 Å². The van der Waals surface area contributed by atoms with Crippen LogP contribution in [0.25, 0.3) is 66.8 Å². The van der Waals surface area contributed by atoms with Crippen LogP contribution in [0.2, 0.25) is 5.02 Å². The van der Waals surface area contributed by atoms with E-state index in [9.17, 15) is 19.2 Å². The molecule has 4 aliphatic heterocycles. The lowest BCUT2D eigenvalue weighted by Gasteiger charge is -2.48. The van der Waals surface area contributed by atoms with E-state index in [2.05, 4.69) is 98.7 Å². The molecule has 0 saturated heterocycles. The molecule has 0 amide bonds. The molecule has 0 bridgehead atoms. The molecule has 0 unspecified atom stereocenters. The first-order valence-corrected chi connectivity index (χ1v) is 33.6. The van der Waals surface area contributed by atoms with Gasteiger partial charge < -0.3 is 14.5 Å². The van der Waals surface area contributed by atoms with Gasteiger partial charge in [-0.15, -0.1) is 0 Å². The van der Waals surface area contributed by atoms with Crippen molar-refractivity contribution in [2.24, 2.45) is 0 Å². The van der Waals surface area contributed by atoms with Gasteiger partial charge in [-0.05, 0) is 171 Å². The first-order valence-electron chi connectivity index (χ1n) is 42.4. The average Bonchev–Trinajstić information content (AvgIpc) is 0.662. The van der Waals surface area contributed by atoms with Crippen LogP contribution in [0, 0.1) is 0 Å². The maximum absolute atomic E-state index is 11.8. The molecule has 0 aromatic heterocycles. The molecule has 0 saturated carbocycles. The molecule has 0 radical (unpaired) electrons. The normalized spacial score (nSPS) is 16.3. The molecule has 4 heterocycles. The Bertz CT molecular complexity index is 6360. The zero-order chi connectivity index (χ0) is 83.6. The van der Waals surface area contributed by atoms with Gasteiger partial charge in [0.05, 0.1) is 38.8 Å². The first-order chi connectivity index (χ1) is 55.3. The summed E-state index contributed by atoms with van der Waals surface area (Å²) in [7, 11) is 0. The van der Waals surface area contributed by atoms with Crippen molar-refractivity contribution in [1.82, 2.24) is 0 Å². The van der Waals surface area contributed by atoms with Crippen molar-refractivity contribution in [1.29, 1.82) is 0 Å². The molecular weight excluding hydrogens is 1210 g/mol. The minimum atomic E-state index is -1.72. The third kappa shape index (κ3) is 10.3. The second-order valence-corrected chi connectivity index (χ2v) is 29.5. The summed E-state index contributed by atoms with van der Waals surface area (Å²) >= 11 is 8.36. The number of rotatable bonds is 8. The van der Waals surface area contributed by atoms with Crippen LogP contribution in [0.3, 0.4) is 0 Å². The van der Waals surface area contributed by atoms with Crippen molar-refractivity contribution < 1.29 is 32.2 Å². The van der Waals surface area contributed by atoms with E-state index < -0.39 is 166 Å². The molecular formula is C90H73B2ClN2OS. The van der Waals surface area contributed by atoms with Crippen molar-refractivity contribution in [3.05, 3.63) is 300 Å². The van der Waals surface area contributed by atoms with Crippen LogP contribution in [-0.4, -0.2) is 13.4 Å². The number of hydrogen-bond donors (Lipinski definition) is 0. The molecule has 0 aliphatic carbocycles. The number of benzene rings is 13. The predicted octanol–water partition coefficient (Wildman–Crippen LogP) is 21.4. The van der Waals surface area contributed by atoms with Gasteiger partial charge in [-0.3, -0.25) is 0 Å². The standard InChI is InChI=1S/C90H73B2ClN2OS/c1-88(2,3)64-48-68(58-32-20-12-21-33-58)85(69(49-64)59-34-22-13-23-35-59)94-75-54-67(93)42-45-72(75)92-82-76(94)52-66(90(7,8)9)53-77(82)95(86-70(60-36-24-14-25-37-60)50-65(89(4,5)6)51-71(86)61-38-26-15-27-39-61)78-55-81-84-87(83(78)92)96-79-46-62(56-28-16-10-17-29-56)40-43-73(79)91(84)74-44-41-63(47-80(74)97-81)57-30-18-11-19-31-57/h10-55H,1-9H3/i10D,11D,16D,17D,18D,19D,28D,29D,30D,31D,40D,41D,42D,43D,44D,45D,46D,47D,54D,55D. The Kier molecular flexibility index (Phi) is 10.1. The molecule has 468 valence electrons. The minimum absolute atomic E-state index is 0.00681. The number of anilines is 6. The summed E-state index contributed by atoms with van der Waals surface area (Å²) in [6, 6.07) is 38.4. The predicted molar refractivity (Wildman–Crippen MR) is 416 cm³/mol. The quantitative estimate of drug-likeness (QED) is 0.141. The fourth-order valence-electron chi connectivity index (χ4n) is 14.1. The van der Waals surface area contributed by atoms with Crippen LogP contribution in [0.4, 0.5) is 34.1 Å². The van der Waals surface area contributed by atoms with Gasteiger partial charge in [-0.2, -0.15) is 0 Å². The Balaban J connectivity index is 1.14. The minimum Gasteiger partial charge on any atom is -0.459 e. The zero-order valence-electron chi connectivity index (χ0n) is 74.8. The van der Waals surface area contributed by atoms with Crippen LogP contribution in [0.15, 0.2) is 288 Å². The van der Waals surface area contributed by atoms with E-state index in [1.807, 2.05) is 131 Å². The van der Waals surface area contributed by atoms with Gasteiger partial charge in [-0.1, -0.05) is 303 Å². The van der Waals surface area contributed by atoms with E-state index in [0.29, 0.717) is 39.3 Å². The molecule has 7 heteroatoms. The van der Waals surface area contributed by atoms with E-state index in [1.54, 1.807) is 0 Å². The van der Waals surface area contributed by atoms with Gasteiger partial charge in [0, 0.05) is 59.8 Å². The van der Waals surface area contributed by atoms with E-state index in [0.717, 1.165) is 61.8 Å². The van der Waals surface area contributed by atoms with Crippen LogP contribution in [-0.2, 0) is 16.2 Å². The Hall–Kier alpha value is -9.97. The third-order valence-corrected chi connectivity index (χ3v) is 20.2. The lowest BCUT2D eigenvalue weighted by atomic mass is 9.30. The fraction of sp³-hybridized carbons (Fsp3) is 0.133. The lowest BCUT2D eigenvalue weighted by molar-refractivity contribution is 0.490. The van der Waals surface area contributed by atoms with Gasteiger partial charge >= 0.3 is 0 Å². The van der Waals surface area contributed by atoms with E-state index in [-0.39, 0.29) is 71.3 Å². The van der Waals surface area contributed by atoms with Gasteiger partial charge in [0.15, 0.2) is 0 Å². The van der Waals surface area contributed by atoms with Crippen molar-refractivity contribution in [2.75, 3.05) is 9.80 Å². The number of ether oxygens (including phenoxy) is 1. The van der Waals surface area contributed by atoms with Crippen LogP contribution >= 0.6 is 23.4 Å². The van der Waals surface area contributed by atoms with Crippen molar-refractivity contribution in [3.63, 3.8) is 0 Å². The summed E-state index contributed by atoms with van der Waals surface area (Å²) in [5.74, 6) is -0.703. The van der Waals surface area contributed by atoms with Gasteiger partial charge in [-0.25, -0.2) is 0 Å². The van der Waals surface area contributed by atoms with Crippen molar-refractivity contribution in [2.45, 2.75) is 88.3 Å². The van der Waals surface area contributed by atoms with Gasteiger partial charge in [0.1, 0.15) is 11.5 Å². The smallest absolute Gasteiger partial charge is 0.256 e. The molecule has 13 aromatic carbocycles. The Morgan fingerprint density at radius 2 is 0.784 bits per heavy atom. The summed E-state index contributed by atoms with van der Waals surface area (Å²) in [4.78, 5) is 3.89. The molecule has 0 atom stereocenters. The molecule has 0 N–H and O–H groups in total. The van der Waals surface area contributed by atoms with Crippen molar-refractivity contribution in [3.8, 4) is 78.3 Å². The SMILES string of the molecule is [2H]c1c([2H])c([2H])c(-c2c([2H])c([2H])c3c(c2[2H])Oc2c4c(c([2H])c5c2B2c6c(cc(C(C)(C)C)cc6N5c5c(-c6ccccc6)cc(C(C)(C)C)cc5-c5ccccc5)N(c5c(-c6ccccc6)cc(C(C)(C)C)cc5-c5ccccc5)c5c([2H])c(Cl)c([2H])c([2H])c52)Sc2c([2H])c(-c5c([2H])c([2H])c([2H])c([2H])c5[2H])c([2H])c([2H])c2B34)c([2H])c1[2H]. The maximum Gasteiger partial charge on any atom is 0.256 e. The highest BCUT2D eigenvalue weighted by atomic mass is 35.5. The highest BCUT2D eigenvalue weighted by Gasteiger charge is 2.51. The average molecular weight is 1310 g/mol. The van der Waals surface area contributed by atoms with Gasteiger partial charge in [0.2, 0.25) is 0 Å². The summed E-state index contributed by atoms with van der Waals surface area (Å²) in [6.07, 6.45) is 0. The molecule has 0 spiro atoms. The van der Waals surface area contributed by atoms with Crippen LogP contribution in [0.5, 0.6) is 11.5 Å². The summed E-state index contributed by atoms with van der Waals surface area (Å²) in [5.41, 5.74) is 6.65. The molecule has 3 nitrogen and oxygen atoms in total. The lowest BCUT2D eigenvalue weighted by Crippen LogP contribution is -2.65. The number of fused-ring (bicyclic) bond motifs is 9. The van der Waals surface area contributed by atoms with E-state index in [4.69, 9.17) is 24.6 Å². The monoisotopic (exact) mass is 1310 g/mol. The molecule has 13 aromatic rings. The van der Waals surface area contributed by atoms with Crippen LogP contribution < -0.4 is 47.3 Å². The van der Waals surface area contributed by atoms with Crippen LogP contribution in [0.1, 0.15) is 106 Å². The topological polar surface area (TPSA) is 15.7 Å². The number of halogens is 1.